The van der Waals surface area contributed by atoms with Crippen LogP contribution in [0.4, 0.5) is 0 Å². The van der Waals surface area contributed by atoms with Gasteiger partial charge in [0, 0.05) is 0 Å². The van der Waals surface area contributed by atoms with Gasteiger partial charge in [0.25, 0.3) is 0 Å². The highest BCUT2D eigenvalue weighted by molar-refractivity contribution is 6.84. The van der Waals surface area contributed by atoms with Gasteiger partial charge in [-0.1, -0.05) is 73.6 Å². The van der Waals surface area contributed by atoms with Gasteiger partial charge in [-0.15, -0.1) is 0 Å². The van der Waals surface area contributed by atoms with Crippen molar-refractivity contribution in [1.29, 1.82) is 0 Å². The summed E-state index contributed by atoms with van der Waals surface area (Å²) in [6, 6.07) is 12.3. The monoisotopic (exact) mass is 230 g/mol. The van der Waals surface area contributed by atoms with Gasteiger partial charge >= 0.3 is 0 Å². The Morgan fingerprint density at radius 2 is 1.75 bits per heavy atom. The second-order valence-electron chi connectivity index (χ2n) is 5.52. The van der Waals surface area contributed by atoms with E-state index < -0.39 is 8.07 Å². The molecule has 1 fully saturated rings. The molecule has 86 valence electrons. The third-order valence-corrected chi connectivity index (χ3v) is 7.49. The maximum atomic E-state index is 2.53. The summed E-state index contributed by atoms with van der Waals surface area (Å²) in [6.45, 7) is 5.07. The van der Waals surface area contributed by atoms with E-state index in [1.807, 2.05) is 0 Å². The molecule has 1 saturated heterocycles. The van der Waals surface area contributed by atoms with E-state index in [1.165, 1.54) is 37.3 Å². The van der Waals surface area contributed by atoms with Crippen LogP contribution in [0.15, 0.2) is 35.5 Å². The van der Waals surface area contributed by atoms with Gasteiger partial charge < -0.3 is 0 Å². The number of benzene rings is 1. The lowest BCUT2D eigenvalue weighted by Gasteiger charge is -2.23. The maximum Gasteiger partial charge on any atom is 0.0755 e. The van der Waals surface area contributed by atoms with Crippen molar-refractivity contribution in [2.45, 2.75) is 44.8 Å². The minimum atomic E-state index is -1.09. The van der Waals surface area contributed by atoms with Crippen LogP contribution in [0, 0.1) is 0 Å². The third kappa shape index (κ3) is 2.85. The van der Waals surface area contributed by atoms with Crippen LogP contribution in [0.25, 0.3) is 6.08 Å². The van der Waals surface area contributed by atoms with Gasteiger partial charge in [-0.2, -0.15) is 0 Å². The zero-order chi connectivity index (χ0) is 11.4. The van der Waals surface area contributed by atoms with E-state index in [2.05, 4.69) is 49.5 Å². The molecule has 2 rings (SSSR count). The van der Waals surface area contributed by atoms with Crippen molar-refractivity contribution in [3.63, 3.8) is 0 Å². The van der Waals surface area contributed by atoms with E-state index in [1.54, 1.807) is 5.20 Å². The van der Waals surface area contributed by atoms with E-state index >= 15 is 0 Å². The minimum absolute atomic E-state index is 1.09. The van der Waals surface area contributed by atoms with Crippen molar-refractivity contribution in [3.05, 3.63) is 41.1 Å². The van der Waals surface area contributed by atoms with E-state index in [-0.39, 0.29) is 0 Å². The molecule has 0 bridgehead atoms. The lowest BCUT2D eigenvalue weighted by atomic mass is 10.1. The topological polar surface area (TPSA) is 0 Å². The zero-order valence-electron chi connectivity index (χ0n) is 10.5. The van der Waals surface area contributed by atoms with Crippen molar-refractivity contribution >= 4 is 14.1 Å². The lowest BCUT2D eigenvalue weighted by Crippen LogP contribution is -2.27. The molecule has 0 atom stereocenters. The molecule has 0 radical (unpaired) electrons. The largest absolute Gasteiger partial charge is 0.0802 e. The molecule has 1 aliphatic heterocycles. The summed E-state index contributed by atoms with van der Waals surface area (Å²) in [6.07, 6.45) is 8.09. The average Bonchev–Trinajstić information content (AvgIpc) is 2.43. The summed E-state index contributed by atoms with van der Waals surface area (Å²) in [5, 5.41) is 1.77. The van der Waals surface area contributed by atoms with Gasteiger partial charge in [0.1, 0.15) is 0 Å². The Balaban J connectivity index is 2.26. The quantitative estimate of drug-likeness (QED) is 0.602. The molecule has 0 amide bonds. The molecule has 1 aromatic carbocycles. The molecule has 0 N–H and O–H groups in total. The molecule has 0 aromatic heterocycles. The Morgan fingerprint density at radius 1 is 1.00 bits per heavy atom. The van der Waals surface area contributed by atoms with Gasteiger partial charge in [-0.3, -0.25) is 0 Å². The summed E-state index contributed by atoms with van der Waals surface area (Å²) in [7, 11) is -1.09. The number of rotatable bonds is 1. The van der Waals surface area contributed by atoms with Crippen LogP contribution in [0.3, 0.4) is 0 Å². The highest BCUT2D eigenvalue weighted by Gasteiger charge is 2.26. The number of hydrogen-bond donors (Lipinski definition) is 0. The molecule has 0 spiro atoms. The molecule has 0 aliphatic carbocycles. The van der Waals surface area contributed by atoms with Gasteiger partial charge in [0.2, 0.25) is 0 Å². The number of allylic oxidation sites excluding steroid dienone is 1. The van der Waals surface area contributed by atoms with E-state index in [0.717, 1.165) is 0 Å². The van der Waals surface area contributed by atoms with Crippen LogP contribution in [-0.2, 0) is 0 Å². The fourth-order valence-corrected chi connectivity index (χ4v) is 5.44. The molecule has 16 heavy (non-hydrogen) atoms. The van der Waals surface area contributed by atoms with Gasteiger partial charge in [0.15, 0.2) is 0 Å². The molecule has 0 nitrogen and oxygen atoms in total. The molecule has 1 heteroatoms. The first kappa shape index (κ1) is 11.7. The van der Waals surface area contributed by atoms with Crippen LogP contribution >= 0.6 is 0 Å². The summed E-state index contributed by atoms with van der Waals surface area (Å²) < 4.78 is 0. The van der Waals surface area contributed by atoms with Crippen LogP contribution in [0.5, 0.6) is 0 Å². The molecular weight excluding hydrogens is 208 g/mol. The van der Waals surface area contributed by atoms with Crippen LogP contribution in [0.1, 0.15) is 31.2 Å². The summed E-state index contributed by atoms with van der Waals surface area (Å²) in [5.74, 6) is 0. The first-order chi connectivity index (χ1) is 7.68. The van der Waals surface area contributed by atoms with Crippen molar-refractivity contribution < 1.29 is 0 Å². The first-order valence-electron chi connectivity index (χ1n) is 6.45. The highest BCUT2D eigenvalue weighted by Crippen LogP contribution is 2.32. The minimum Gasteiger partial charge on any atom is -0.0802 e. The average molecular weight is 230 g/mol. The first-order valence-corrected chi connectivity index (χ1v) is 9.65. The molecule has 1 aromatic rings. The summed E-state index contributed by atoms with van der Waals surface area (Å²) >= 11 is 0. The SMILES string of the molecule is C[Si]1(C)CCCCC/C1=C/c1ccccc1. The molecule has 1 heterocycles. The van der Waals surface area contributed by atoms with Gasteiger partial charge in [-0.25, -0.2) is 0 Å². The normalized spacial score (nSPS) is 23.0. The van der Waals surface area contributed by atoms with Gasteiger partial charge in [-0.05, 0) is 18.4 Å². The highest BCUT2D eigenvalue weighted by atomic mass is 28.3. The fraction of sp³-hybridized carbons (Fsp3) is 0.467. The standard InChI is InChI=1S/C15H22Si/c1-16(2)12-8-4-7-11-15(16)13-14-9-5-3-6-10-14/h3,5-6,9-10,13H,4,7-8,11-12H2,1-2H3/b15-13-. The van der Waals surface area contributed by atoms with Crippen molar-refractivity contribution in [1.82, 2.24) is 0 Å². The smallest absolute Gasteiger partial charge is 0.0755 e. The van der Waals surface area contributed by atoms with Crippen molar-refractivity contribution in [2.24, 2.45) is 0 Å². The van der Waals surface area contributed by atoms with Crippen molar-refractivity contribution in [2.75, 3.05) is 0 Å². The molecule has 0 saturated carbocycles. The summed E-state index contributed by atoms with van der Waals surface area (Å²) in [4.78, 5) is 0. The Bertz CT molecular complexity index is 362. The van der Waals surface area contributed by atoms with E-state index in [4.69, 9.17) is 0 Å². The lowest BCUT2D eigenvalue weighted by molar-refractivity contribution is 0.739. The number of hydrogen-bond acceptors (Lipinski definition) is 0. The van der Waals surface area contributed by atoms with Crippen LogP contribution in [0.2, 0.25) is 19.1 Å². The van der Waals surface area contributed by atoms with E-state index in [9.17, 15) is 0 Å². The molecular formula is C15H22Si. The Labute approximate surface area is 100 Å². The Hall–Kier alpha value is -0.823. The second-order valence-corrected chi connectivity index (χ2v) is 10.4. The maximum absolute atomic E-state index is 2.53. The molecule has 0 unspecified atom stereocenters. The Morgan fingerprint density at radius 3 is 2.50 bits per heavy atom. The van der Waals surface area contributed by atoms with Crippen LogP contribution in [-0.4, -0.2) is 8.07 Å². The van der Waals surface area contributed by atoms with Crippen molar-refractivity contribution in [3.8, 4) is 0 Å². The molecule has 1 aliphatic rings. The Kier molecular flexibility index (Phi) is 3.65. The predicted molar refractivity (Wildman–Crippen MR) is 75.2 cm³/mol. The zero-order valence-corrected chi connectivity index (χ0v) is 11.5. The van der Waals surface area contributed by atoms with E-state index in [0.29, 0.717) is 0 Å². The third-order valence-electron chi connectivity index (χ3n) is 3.76. The predicted octanol–water partition coefficient (Wildman–Crippen LogP) is 4.89. The van der Waals surface area contributed by atoms with Gasteiger partial charge in [0.05, 0.1) is 8.07 Å². The second kappa shape index (κ2) is 5.01. The van der Waals surface area contributed by atoms with Crippen LogP contribution < -0.4 is 0 Å². The summed E-state index contributed by atoms with van der Waals surface area (Å²) in [5.41, 5.74) is 1.39. The fourth-order valence-electron chi connectivity index (χ4n) is 2.58.